The number of nitrogens with one attached hydrogen (secondary N) is 1. The van der Waals surface area contributed by atoms with E-state index in [1.54, 1.807) is 0 Å². The molecule has 0 aliphatic rings. The molecule has 1 atom stereocenters. The molecule has 0 radical (unpaired) electrons. The number of carbonyl (C=O) groups excluding carboxylic acids is 1. The van der Waals surface area contributed by atoms with Crippen LogP contribution in [0.1, 0.15) is 26.7 Å². The molecule has 0 aromatic rings. The van der Waals surface area contributed by atoms with E-state index in [1.807, 2.05) is 6.92 Å². The van der Waals surface area contributed by atoms with E-state index in [0.29, 0.717) is 0 Å². The highest BCUT2D eigenvalue weighted by molar-refractivity contribution is 5.81. The maximum absolute atomic E-state index is 10.8. The Kier molecular flexibility index (Phi) is 6.38. The molecule has 1 N–H and O–H groups in total. The lowest BCUT2D eigenvalue weighted by Gasteiger charge is -2.15. The van der Waals surface area contributed by atoms with Crippen molar-refractivity contribution >= 4 is 5.97 Å². The van der Waals surface area contributed by atoms with Crippen LogP contribution in [-0.2, 0) is 9.53 Å². The number of esters is 1. The number of hydrogen-bond donors (Lipinski definition) is 1. The highest BCUT2D eigenvalue weighted by Crippen LogP contribution is 1.94. The van der Waals surface area contributed by atoms with Crippen LogP contribution in [0.3, 0.4) is 0 Å². The molecule has 0 fully saturated rings. The van der Waals surface area contributed by atoms with Crippen LogP contribution in [0.5, 0.6) is 0 Å². The molecule has 0 aliphatic carbocycles. The summed E-state index contributed by atoms with van der Waals surface area (Å²) in [6.45, 7) is 8.22. The minimum atomic E-state index is -0.370. The van der Waals surface area contributed by atoms with Crippen LogP contribution < -0.4 is 5.32 Å². The molecule has 0 aliphatic heterocycles. The molecule has 0 amide bonds. The smallest absolute Gasteiger partial charge is 0.331 e. The van der Waals surface area contributed by atoms with E-state index in [-0.39, 0.29) is 12.2 Å². The molecular formula is C9H17NO2. The van der Waals surface area contributed by atoms with Gasteiger partial charge in [-0.1, -0.05) is 20.4 Å². The molecule has 0 saturated heterocycles. The Labute approximate surface area is 73.8 Å². The summed E-state index contributed by atoms with van der Waals surface area (Å²) < 4.78 is 4.98. The monoisotopic (exact) mass is 171 g/mol. The molecule has 70 valence electrons. The van der Waals surface area contributed by atoms with Gasteiger partial charge >= 0.3 is 5.97 Å². The van der Waals surface area contributed by atoms with Gasteiger partial charge in [0, 0.05) is 6.08 Å². The number of hydrogen-bond acceptors (Lipinski definition) is 3. The van der Waals surface area contributed by atoms with Gasteiger partial charge in [-0.05, 0) is 19.4 Å². The molecule has 0 saturated carbocycles. The third-order valence-electron chi connectivity index (χ3n) is 1.42. The predicted octanol–water partition coefficient (Wildman–Crippen LogP) is 1.45. The molecule has 3 nitrogen and oxygen atoms in total. The Bertz CT molecular complexity index is 145. The normalized spacial score (nSPS) is 12.2. The average Bonchev–Trinajstić information content (AvgIpc) is 2.11. The highest BCUT2D eigenvalue weighted by Gasteiger charge is 2.07. The lowest BCUT2D eigenvalue weighted by atomic mass is 10.4. The zero-order valence-corrected chi connectivity index (χ0v) is 7.80. The van der Waals surface area contributed by atoms with Crippen LogP contribution >= 0.6 is 0 Å². The van der Waals surface area contributed by atoms with Gasteiger partial charge in [0.15, 0.2) is 6.23 Å². The second-order valence-electron chi connectivity index (χ2n) is 2.49. The maximum atomic E-state index is 10.8. The zero-order valence-electron chi connectivity index (χ0n) is 7.80. The fourth-order valence-electron chi connectivity index (χ4n) is 0.763. The highest BCUT2D eigenvalue weighted by atomic mass is 16.6. The van der Waals surface area contributed by atoms with Crippen molar-refractivity contribution in [3.8, 4) is 0 Å². The van der Waals surface area contributed by atoms with Gasteiger partial charge in [-0.25, -0.2) is 4.79 Å². The first-order valence-corrected chi connectivity index (χ1v) is 4.31. The number of ether oxygens (including phenoxy) is 1. The van der Waals surface area contributed by atoms with Gasteiger partial charge in [-0.3, -0.25) is 5.32 Å². The first kappa shape index (κ1) is 11.2. The fourth-order valence-corrected chi connectivity index (χ4v) is 0.763. The van der Waals surface area contributed by atoms with E-state index in [9.17, 15) is 4.79 Å². The summed E-state index contributed by atoms with van der Waals surface area (Å²) in [5.41, 5.74) is 0. The first-order chi connectivity index (χ1) is 5.74. The number of carbonyl (C=O) groups is 1. The summed E-state index contributed by atoms with van der Waals surface area (Å²) in [5, 5.41) is 3.09. The molecule has 1 unspecified atom stereocenters. The summed E-state index contributed by atoms with van der Waals surface area (Å²) in [4.78, 5) is 10.8. The van der Waals surface area contributed by atoms with Crippen molar-refractivity contribution in [1.29, 1.82) is 0 Å². The zero-order chi connectivity index (χ0) is 9.40. The maximum Gasteiger partial charge on any atom is 0.331 e. The van der Waals surface area contributed by atoms with E-state index in [2.05, 4.69) is 18.8 Å². The van der Waals surface area contributed by atoms with Crippen LogP contribution in [0.2, 0.25) is 0 Å². The minimum absolute atomic E-state index is 0.171. The van der Waals surface area contributed by atoms with Crippen molar-refractivity contribution in [3.05, 3.63) is 12.7 Å². The fraction of sp³-hybridized carbons (Fsp3) is 0.667. The van der Waals surface area contributed by atoms with E-state index in [1.165, 1.54) is 6.08 Å². The van der Waals surface area contributed by atoms with Crippen molar-refractivity contribution in [2.45, 2.75) is 32.9 Å². The van der Waals surface area contributed by atoms with Crippen LogP contribution in [0.15, 0.2) is 12.7 Å². The van der Waals surface area contributed by atoms with Gasteiger partial charge in [0.25, 0.3) is 0 Å². The van der Waals surface area contributed by atoms with Crippen LogP contribution in [0.4, 0.5) is 0 Å². The Hall–Kier alpha value is -0.830. The quantitative estimate of drug-likeness (QED) is 0.373. The van der Waals surface area contributed by atoms with E-state index < -0.39 is 0 Å². The molecule has 0 spiro atoms. The summed E-state index contributed by atoms with van der Waals surface area (Å²) in [6.07, 6.45) is 2.81. The van der Waals surface area contributed by atoms with Gasteiger partial charge in [-0.15, -0.1) is 0 Å². The Morgan fingerprint density at radius 1 is 1.67 bits per heavy atom. The Morgan fingerprint density at radius 2 is 2.33 bits per heavy atom. The standard InChI is InChI=1S/C9H17NO2/c1-4-7-10-8(5-2)12-9(11)6-3/h6,8,10H,3-5,7H2,1-2H3. The van der Waals surface area contributed by atoms with Crippen molar-refractivity contribution in [2.24, 2.45) is 0 Å². The first-order valence-electron chi connectivity index (χ1n) is 4.31. The Morgan fingerprint density at radius 3 is 2.75 bits per heavy atom. The molecule has 0 bridgehead atoms. The summed E-state index contributed by atoms with van der Waals surface area (Å²) in [7, 11) is 0. The predicted molar refractivity (Wildman–Crippen MR) is 48.7 cm³/mol. The third kappa shape index (κ3) is 4.91. The van der Waals surface area contributed by atoms with Gasteiger partial charge in [0.2, 0.25) is 0 Å². The van der Waals surface area contributed by atoms with E-state index in [4.69, 9.17) is 4.74 Å². The SMILES string of the molecule is C=CC(=O)OC(CC)NCCC. The lowest BCUT2D eigenvalue weighted by molar-refractivity contribution is -0.144. The van der Waals surface area contributed by atoms with E-state index in [0.717, 1.165) is 19.4 Å². The molecule has 0 heterocycles. The summed E-state index contributed by atoms with van der Waals surface area (Å²) in [5.74, 6) is -0.370. The summed E-state index contributed by atoms with van der Waals surface area (Å²) >= 11 is 0. The molecule has 12 heavy (non-hydrogen) atoms. The van der Waals surface area contributed by atoms with Gasteiger partial charge < -0.3 is 4.74 Å². The largest absolute Gasteiger partial charge is 0.443 e. The summed E-state index contributed by atoms with van der Waals surface area (Å²) in [6, 6.07) is 0. The molecular weight excluding hydrogens is 154 g/mol. The topological polar surface area (TPSA) is 38.3 Å². The van der Waals surface area contributed by atoms with Crippen LogP contribution in [-0.4, -0.2) is 18.7 Å². The molecule has 0 rings (SSSR count). The van der Waals surface area contributed by atoms with Crippen molar-refractivity contribution < 1.29 is 9.53 Å². The van der Waals surface area contributed by atoms with Crippen molar-refractivity contribution in [2.75, 3.05) is 6.54 Å². The second kappa shape index (κ2) is 6.85. The van der Waals surface area contributed by atoms with E-state index >= 15 is 0 Å². The minimum Gasteiger partial charge on any atom is -0.443 e. The van der Waals surface area contributed by atoms with Gasteiger partial charge in [-0.2, -0.15) is 0 Å². The molecule has 0 aromatic heterocycles. The van der Waals surface area contributed by atoms with Gasteiger partial charge in [0.1, 0.15) is 0 Å². The third-order valence-corrected chi connectivity index (χ3v) is 1.42. The number of rotatable bonds is 6. The second-order valence-corrected chi connectivity index (χ2v) is 2.49. The van der Waals surface area contributed by atoms with Crippen LogP contribution in [0, 0.1) is 0 Å². The van der Waals surface area contributed by atoms with Crippen LogP contribution in [0.25, 0.3) is 0 Å². The average molecular weight is 171 g/mol. The lowest BCUT2D eigenvalue weighted by Crippen LogP contribution is -2.33. The molecule has 3 heteroatoms. The molecule has 0 aromatic carbocycles. The van der Waals surface area contributed by atoms with Crippen molar-refractivity contribution in [3.63, 3.8) is 0 Å². The Balaban J connectivity index is 3.66. The van der Waals surface area contributed by atoms with Crippen molar-refractivity contribution in [1.82, 2.24) is 5.32 Å². The van der Waals surface area contributed by atoms with Gasteiger partial charge in [0.05, 0.1) is 0 Å².